The van der Waals surface area contributed by atoms with Gasteiger partial charge in [0.05, 0.1) is 10.4 Å². The highest BCUT2D eigenvalue weighted by atomic mass is 79.9. The lowest BCUT2D eigenvalue weighted by atomic mass is 9.86. The Morgan fingerprint density at radius 3 is 1.81 bits per heavy atom. The van der Waals surface area contributed by atoms with Gasteiger partial charge < -0.3 is 0 Å². The van der Waals surface area contributed by atoms with Gasteiger partial charge >= 0.3 is 0 Å². The van der Waals surface area contributed by atoms with Crippen molar-refractivity contribution in [1.82, 2.24) is 0 Å². The molecule has 0 spiro atoms. The Kier molecular flexibility index (Phi) is 5.07. The minimum absolute atomic E-state index is 0.170. The average Bonchev–Trinajstić information content (AvgIpc) is 2.46. The molecular weight excluding hydrogens is 367 g/mol. The van der Waals surface area contributed by atoms with Crippen molar-refractivity contribution in [3.05, 3.63) is 66.6 Å². The smallest absolute Gasteiger partial charge is 0.0841 e. The number of hydrogen-bond acceptors (Lipinski definition) is 0. The summed E-state index contributed by atoms with van der Waals surface area (Å²) in [5, 5.41) is 0.531. The third kappa shape index (κ3) is 3.02. The Labute approximate surface area is 145 Å². The molecule has 0 aliphatic heterocycles. The van der Waals surface area contributed by atoms with Crippen molar-refractivity contribution in [3.8, 4) is 0 Å². The first-order chi connectivity index (χ1) is 9.75. The van der Waals surface area contributed by atoms with E-state index in [0.29, 0.717) is 5.02 Å². The number of hydrogen-bond donors (Lipinski definition) is 0. The molecule has 0 bridgehead atoms. The van der Waals surface area contributed by atoms with Gasteiger partial charge in [0.2, 0.25) is 0 Å². The van der Waals surface area contributed by atoms with Crippen LogP contribution in [0.25, 0.3) is 0 Å². The van der Waals surface area contributed by atoms with Crippen LogP contribution in [0.1, 0.15) is 44.3 Å². The van der Waals surface area contributed by atoms with Crippen LogP contribution in [0, 0.1) is 34.6 Å². The van der Waals surface area contributed by atoms with Crippen molar-refractivity contribution in [2.45, 2.75) is 40.0 Å². The van der Waals surface area contributed by atoms with Crippen molar-refractivity contribution in [2.24, 2.45) is 0 Å². The predicted octanol–water partition coefficient (Wildman–Crippen LogP) is 6.97. The maximum Gasteiger partial charge on any atom is 0.0841 e. The first-order valence-corrected chi connectivity index (χ1v) is 8.52. The number of rotatable bonds is 2. The second-order valence-corrected chi connectivity index (χ2v) is 7.27. The highest BCUT2D eigenvalue weighted by molar-refractivity contribution is 9.10. The molecule has 0 amide bonds. The van der Waals surface area contributed by atoms with Gasteiger partial charge in [0.1, 0.15) is 0 Å². The van der Waals surface area contributed by atoms with E-state index in [1.165, 1.54) is 33.4 Å². The molecule has 0 saturated heterocycles. The normalized spacial score (nSPS) is 12.6. The Balaban J connectivity index is 2.63. The average molecular weight is 386 g/mol. The second-order valence-electron chi connectivity index (χ2n) is 5.57. The van der Waals surface area contributed by atoms with Gasteiger partial charge in [-0.3, -0.25) is 0 Å². The molecule has 1 unspecified atom stereocenters. The molecule has 0 nitrogen and oxygen atoms in total. The quantitative estimate of drug-likeness (QED) is 0.489. The lowest BCUT2D eigenvalue weighted by molar-refractivity contribution is 1.04. The van der Waals surface area contributed by atoms with E-state index in [4.69, 9.17) is 23.2 Å². The molecule has 0 aliphatic carbocycles. The molecule has 2 aromatic rings. The molecule has 0 N–H and O–H groups in total. The Hall–Kier alpha value is -0.500. The van der Waals surface area contributed by atoms with Crippen molar-refractivity contribution < 1.29 is 0 Å². The standard InChI is InChI=1S/C18H19BrCl2/c1-9-10(2)12(4)17(13(5)11(9)3)18(21)14-6-7-16(20)15(19)8-14/h6-8,18H,1-5H3. The topological polar surface area (TPSA) is 0 Å². The fourth-order valence-corrected chi connectivity index (χ4v) is 3.72. The zero-order valence-corrected chi connectivity index (χ0v) is 16.0. The molecular formula is C18H19BrCl2. The van der Waals surface area contributed by atoms with E-state index in [2.05, 4.69) is 50.5 Å². The fraction of sp³-hybridized carbons (Fsp3) is 0.333. The SMILES string of the molecule is Cc1c(C)c(C)c(C(Cl)c2ccc(Cl)c(Br)c2)c(C)c1C. The van der Waals surface area contributed by atoms with Gasteiger partial charge in [0.15, 0.2) is 0 Å². The molecule has 1 atom stereocenters. The van der Waals surface area contributed by atoms with Crippen LogP contribution >= 0.6 is 39.1 Å². The van der Waals surface area contributed by atoms with Gasteiger partial charge in [-0.15, -0.1) is 11.6 Å². The van der Waals surface area contributed by atoms with Crippen molar-refractivity contribution >= 4 is 39.1 Å². The summed E-state index contributed by atoms with van der Waals surface area (Å²) in [6, 6.07) is 5.88. The summed E-state index contributed by atoms with van der Waals surface area (Å²) in [6.45, 7) is 10.8. The number of halogens is 3. The molecule has 0 radical (unpaired) electrons. The predicted molar refractivity (Wildman–Crippen MR) is 97.0 cm³/mol. The van der Waals surface area contributed by atoms with Crippen molar-refractivity contribution in [3.63, 3.8) is 0 Å². The van der Waals surface area contributed by atoms with E-state index in [0.717, 1.165) is 10.0 Å². The maximum absolute atomic E-state index is 6.80. The third-order valence-electron chi connectivity index (χ3n) is 4.55. The van der Waals surface area contributed by atoms with Gasteiger partial charge in [-0.25, -0.2) is 0 Å². The van der Waals surface area contributed by atoms with E-state index in [1.54, 1.807) is 0 Å². The first-order valence-electron chi connectivity index (χ1n) is 6.91. The second kappa shape index (κ2) is 6.32. The minimum atomic E-state index is -0.170. The Morgan fingerprint density at radius 1 is 0.857 bits per heavy atom. The summed E-state index contributed by atoms with van der Waals surface area (Å²) in [5.74, 6) is 0. The Bertz CT molecular complexity index is 676. The van der Waals surface area contributed by atoms with E-state index < -0.39 is 0 Å². The van der Waals surface area contributed by atoms with E-state index >= 15 is 0 Å². The highest BCUT2D eigenvalue weighted by Gasteiger charge is 2.20. The molecule has 0 aromatic heterocycles. The molecule has 3 heteroatoms. The van der Waals surface area contributed by atoms with Gasteiger partial charge in [-0.05, 0) is 102 Å². The summed E-state index contributed by atoms with van der Waals surface area (Å²) in [7, 11) is 0. The van der Waals surface area contributed by atoms with Gasteiger partial charge in [-0.1, -0.05) is 17.7 Å². The summed E-state index contributed by atoms with van der Waals surface area (Å²) in [6.07, 6.45) is 0. The summed E-state index contributed by atoms with van der Waals surface area (Å²) in [5.41, 5.74) is 8.84. The fourth-order valence-electron chi connectivity index (χ4n) is 2.75. The third-order valence-corrected chi connectivity index (χ3v) is 6.23. The highest BCUT2D eigenvalue weighted by Crippen LogP contribution is 2.39. The molecule has 0 saturated carbocycles. The number of alkyl halides is 1. The number of benzene rings is 2. The molecule has 112 valence electrons. The van der Waals surface area contributed by atoms with Crippen LogP contribution in [0.4, 0.5) is 0 Å². The molecule has 0 heterocycles. The van der Waals surface area contributed by atoms with Crippen LogP contribution in [-0.4, -0.2) is 0 Å². The molecule has 2 rings (SSSR count). The van der Waals surface area contributed by atoms with Gasteiger partial charge in [-0.2, -0.15) is 0 Å². The maximum atomic E-state index is 6.80. The van der Waals surface area contributed by atoms with Crippen LogP contribution in [0.5, 0.6) is 0 Å². The lowest BCUT2D eigenvalue weighted by Crippen LogP contribution is -2.06. The van der Waals surface area contributed by atoms with E-state index in [1.807, 2.05) is 18.2 Å². The van der Waals surface area contributed by atoms with Gasteiger partial charge in [0.25, 0.3) is 0 Å². The van der Waals surface area contributed by atoms with Crippen LogP contribution in [0.2, 0.25) is 5.02 Å². The molecule has 2 aromatic carbocycles. The van der Waals surface area contributed by atoms with Gasteiger partial charge in [0, 0.05) is 4.47 Å². The van der Waals surface area contributed by atoms with Crippen molar-refractivity contribution in [2.75, 3.05) is 0 Å². The largest absolute Gasteiger partial charge is 0.113 e. The van der Waals surface area contributed by atoms with Crippen LogP contribution < -0.4 is 0 Å². The first kappa shape index (κ1) is 16.9. The molecule has 21 heavy (non-hydrogen) atoms. The minimum Gasteiger partial charge on any atom is -0.113 e. The van der Waals surface area contributed by atoms with E-state index in [-0.39, 0.29) is 5.38 Å². The van der Waals surface area contributed by atoms with E-state index in [9.17, 15) is 0 Å². The van der Waals surface area contributed by atoms with Crippen LogP contribution in [-0.2, 0) is 0 Å². The zero-order valence-electron chi connectivity index (χ0n) is 12.9. The summed E-state index contributed by atoms with van der Waals surface area (Å²) in [4.78, 5) is 0. The van der Waals surface area contributed by atoms with Crippen LogP contribution in [0.3, 0.4) is 0 Å². The Morgan fingerprint density at radius 2 is 1.33 bits per heavy atom. The lowest BCUT2D eigenvalue weighted by Gasteiger charge is -2.22. The summed E-state index contributed by atoms with van der Waals surface area (Å²) < 4.78 is 0.878. The van der Waals surface area contributed by atoms with Crippen LogP contribution in [0.15, 0.2) is 22.7 Å². The summed E-state index contributed by atoms with van der Waals surface area (Å²) >= 11 is 16.3. The van der Waals surface area contributed by atoms with Crippen molar-refractivity contribution in [1.29, 1.82) is 0 Å². The zero-order chi connectivity index (χ0) is 15.9. The molecule has 0 aliphatic rings. The monoisotopic (exact) mass is 384 g/mol. The molecule has 0 fully saturated rings.